The lowest BCUT2D eigenvalue weighted by Gasteiger charge is -2.01. The number of aryl methyl sites for hydroxylation is 1. The van der Waals surface area contributed by atoms with Gasteiger partial charge in [0.25, 0.3) is 0 Å². The van der Waals surface area contributed by atoms with Crippen LogP contribution in [-0.4, -0.2) is 4.57 Å². The summed E-state index contributed by atoms with van der Waals surface area (Å²) < 4.78 is 3.93. The van der Waals surface area contributed by atoms with Gasteiger partial charge in [-0.25, -0.2) is 0 Å². The van der Waals surface area contributed by atoms with E-state index in [1.807, 2.05) is 19.2 Å². The molecule has 3 aromatic rings. The highest BCUT2D eigenvalue weighted by molar-refractivity contribution is 9.11. The fraction of sp³-hybridized carbons (Fsp3) is 0.0769. The van der Waals surface area contributed by atoms with E-state index in [1.165, 1.54) is 0 Å². The molecule has 0 bridgehead atoms. The molecule has 0 radical (unpaired) electrons. The maximum atomic E-state index is 5.94. The van der Waals surface area contributed by atoms with Crippen molar-refractivity contribution < 1.29 is 0 Å². The molecule has 0 saturated heterocycles. The predicted molar refractivity (Wildman–Crippen MR) is 84.6 cm³/mol. The van der Waals surface area contributed by atoms with Crippen molar-refractivity contribution in [3.05, 3.63) is 33.2 Å². The molecule has 3 nitrogen and oxygen atoms in total. The lowest BCUT2D eigenvalue weighted by atomic mass is 10.1. The first-order chi connectivity index (χ1) is 8.49. The number of anilines is 2. The highest BCUT2D eigenvalue weighted by atomic mass is 79.9. The van der Waals surface area contributed by atoms with E-state index in [-0.39, 0.29) is 0 Å². The molecule has 0 amide bonds. The van der Waals surface area contributed by atoms with Gasteiger partial charge in [-0.3, -0.25) is 0 Å². The first-order valence-electron chi connectivity index (χ1n) is 5.41. The van der Waals surface area contributed by atoms with Crippen molar-refractivity contribution in [3.63, 3.8) is 0 Å². The molecule has 0 spiro atoms. The van der Waals surface area contributed by atoms with Crippen molar-refractivity contribution in [2.24, 2.45) is 7.05 Å². The van der Waals surface area contributed by atoms with E-state index in [0.717, 1.165) is 42.1 Å². The van der Waals surface area contributed by atoms with Gasteiger partial charge in [0.1, 0.15) is 0 Å². The molecular weight excluding hydrogens is 358 g/mol. The molecule has 92 valence electrons. The number of hydrogen-bond donors (Lipinski definition) is 2. The smallest absolute Gasteiger partial charge is 0.0510 e. The van der Waals surface area contributed by atoms with E-state index in [9.17, 15) is 0 Å². The Labute approximate surface area is 121 Å². The number of rotatable bonds is 0. The van der Waals surface area contributed by atoms with Crippen LogP contribution in [0.5, 0.6) is 0 Å². The van der Waals surface area contributed by atoms with E-state index < -0.39 is 0 Å². The van der Waals surface area contributed by atoms with E-state index in [2.05, 4.69) is 48.6 Å². The molecule has 3 rings (SSSR count). The summed E-state index contributed by atoms with van der Waals surface area (Å²) in [6.07, 6.45) is 0. The Morgan fingerprint density at radius 2 is 1.22 bits per heavy atom. The Kier molecular flexibility index (Phi) is 2.57. The van der Waals surface area contributed by atoms with Crippen LogP contribution >= 0.6 is 31.9 Å². The number of hydrogen-bond acceptors (Lipinski definition) is 2. The molecular formula is C13H11Br2N3. The van der Waals surface area contributed by atoms with E-state index in [1.54, 1.807) is 0 Å². The van der Waals surface area contributed by atoms with Crippen molar-refractivity contribution in [3.8, 4) is 0 Å². The number of nitrogens with two attached hydrogens (primary N) is 2. The van der Waals surface area contributed by atoms with Crippen molar-refractivity contribution in [1.29, 1.82) is 0 Å². The normalized spacial score (nSPS) is 11.5. The van der Waals surface area contributed by atoms with Crippen molar-refractivity contribution in [2.75, 3.05) is 11.5 Å². The Bertz CT molecular complexity index is 725. The lowest BCUT2D eigenvalue weighted by molar-refractivity contribution is 1.01. The number of fused-ring (bicyclic) bond motifs is 3. The van der Waals surface area contributed by atoms with Crippen LogP contribution < -0.4 is 11.5 Å². The number of nitrogen functional groups attached to an aromatic ring is 2. The summed E-state index contributed by atoms with van der Waals surface area (Å²) >= 11 is 6.95. The van der Waals surface area contributed by atoms with Crippen LogP contribution in [0.1, 0.15) is 0 Å². The van der Waals surface area contributed by atoms with Gasteiger partial charge < -0.3 is 16.0 Å². The van der Waals surface area contributed by atoms with Crippen molar-refractivity contribution >= 4 is 65.0 Å². The Morgan fingerprint density at radius 3 is 1.61 bits per heavy atom. The van der Waals surface area contributed by atoms with E-state index >= 15 is 0 Å². The van der Waals surface area contributed by atoms with Crippen LogP contribution in [-0.2, 0) is 7.05 Å². The second-order valence-electron chi connectivity index (χ2n) is 4.34. The monoisotopic (exact) mass is 367 g/mol. The summed E-state index contributed by atoms with van der Waals surface area (Å²) in [5.41, 5.74) is 15.6. The molecule has 0 unspecified atom stereocenters. The Morgan fingerprint density at radius 1 is 0.833 bits per heavy atom. The quantitative estimate of drug-likeness (QED) is 0.588. The van der Waals surface area contributed by atoms with Gasteiger partial charge in [-0.05, 0) is 56.1 Å². The van der Waals surface area contributed by atoms with Crippen LogP contribution in [0.25, 0.3) is 21.8 Å². The van der Waals surface area contributed by atoms with Crippen LogP contribution in [0.2, 0.25) is 0 Å². The van der Waals surface area contributed by atoms with Gasteiger partial charge in [0.15, 0.2) is 0 Å². The molecule has 5 heteroatoms. The van der Waals surface area contributed by atoms with Gasteiger partial charge in [-0.15, -0.1) is 0 Å². The molecule has 0 aliphatic rings. The van der Waals surface area contributed by atoms with Gasteiger partial charge in [0.05, 0.1) is 11.0 Å². The largest absolute Gasteiger partial charge is 0.398 e. The number of benzene rings is 2. The minimum Gasteiger partial charge on any atom is -0.398 e. The predicted octanol–water partition coefficient (Wildman–Crippen LogP) is 4.02. The molecule has 0 fully saturated rings. The zero-order valence-corrected chi connectivity index (χ0v) is 12.8. The molecule has 18 heavy (non-hydrogen) atoms. The first-order valence-corrected chi connectivity index (χ1v) is 7.00. The molecule has 1 heterocycles. The average Bonchev–Trinajstić information content (AvgIpc) is 2.56. The van der Waals surface area contributed by atoms with Gasteiger partial charge >= 0.3 is 0 Å². The summed E-state index contributed by atoms with van der Waals surface area (Å²) in [5.74, 6) is 0. The molecule has 0 saturated carbocycles. The zero-order valence-electron chi connectivity index (χ0n) is 9.67. The summed E-state index contributed by atoms with van der Waals surface area (Å²) in [4.78, 5) is 0. The summed E-state index contributed by atoms with van der Waals surface area (Å²) in [6.45, 7) is 0. The highest BCUT2D eigenvalue weighted by Crippen LogP contribution is 2.36. The fourth-order valence-corrected chi connectivity index (χ4v) is 2.96. The molecule has 0 aliphatic carbocycles. The van der Waals surface area contributed by atoms with Crippen LogP contribution in [0.15, 0.2) is 33.2 Å². The minimum atomic E-state index is 0.737. The minimum absolute atomic E-state index is 0.737. The van der Waals surface area contributed by atoms with Gasteiger partial charge in [0.2, 0.25) is 0 Å². The number of halogens is 2. The molecule has 0 atom stereocenters. The third-order valence-corrected chi connectivity index (χ3v) is 4.62. The lowest BCUT2D eigenvalue weighted by Crippen LogP contribution is -1.91. The Hall–Kier alpha value is -1.20. The maximum absolute atomic E-state index is 5.94. The average molecular weight is 369 g/mol. The van der Waals surface area contributed by atoms with Gasteiger partial charge in [-0.2, -0.15) is 0 Å². The van der Waals surface area contributed by atoms with Crippen LogP contribution in [0.4, 0.5) is 11.4 Å². The van der Waals surface area contributed by atoms with Gasteiger partial charge in [-0.1, -0.05) is 0 Å². The molecule has 2 aromatic carbocycles. The zero-order chi connectivity index (χ0) is 13.0. The number of aromatic nitrogens is 1. The van der Waals surface area contributed by atoms with Gasteiger partial charge in [0, 0.05) is 38.1 Å². The third-order valence-electron chi connectivity index (χ3n) is 3.24. The highest BCUT2D eigenvalue weighted by Gasteiger charge is 2.12. The topological polar surface area (TPSA) is 57.0 Å². The fourth-order valence-electron chi connectivity index (χ4n) is 2.27. The second-order valence-corrected chi connectivity index (χ2v) is 6.05. The third kappa shape index (κ3) is 1.54. The standard InChI is InChI=1S/C13H11Br2N3/c1-18-12-4-10(16)8(14)2-6(12)7-3-9(15)11(17)5-13(7)18/h2-5H,16-17H2,1H3. The first kappa shape index (κ1) is 11.9. The summed E-state index contributed by atoms with van der Waals surface area (Å²) in [5, 5.41) is 2.32. The van der Waals surface area contributed by atoms with Crippen molar-refractivity contribution in [1.82, 2.24) is 4.57 Å². The maximum Gasteiger partial charge on any atom is 0.0510 e. The SMILES string of the molecule is Cn1c2cc(N)c(Br)cc2c2cc(Br)c(N)cc21. The summed E-state index contributed by atoms with van der Waals surface area (Å²) in [6, 6.07) is 8.05. The number of nitrogens with zero attached hydrogens (tertiary/aromatic N) is 1. The Balaban J connectivity index is 2.58. The molecule has 4 N–H and O–H groups in total. The van der Waals surface area contributed by atoms with E-state index in [0.29, 0.717) is 0 Å². The van der Waals surface area contributed by atoms with Crippen molar-refractivity contribution in [2.45, 2.75) is 0 Å². The second kappa shape index (κ2) is 3.90. The van der Waals surface area contributed by atoms with Crippen LogP contribution in [0, 0.1) is 0 Å². The molecule has 1 aromatic heterocycles. The van der Waals surface area contributed by atoms with E-state index in [4.69, 9.17) is 11.5 Å². The molecule has 0 aliphatic heterocycles. The van der Waals surface area contributed by atoms with Crippen LogP contribution in [0.3, 0.4) is 0 Å². The summed E-state index contributed by atoms with van der Waals surface area (Å²) in [7, 11) is 2.02.